The first kappa shape index (κ1) is 22.2. The molecule has 3 aromatic carbocycles. The molecule has 0 heterocycles. The fourth-order valence-corrected chi connectivity index (χ4v) is 4.41. The Hall–Kier alpha value is -4.00. The van der Waals surface area contributed by atoms with Gasteiger partial charge in [-0.2, -0.15) is 0 Å². The Kier molecular flexibility index (Phi) is 6.22. The second kappa shape index (κ2) is 9.24. The Labute approximate surface area is 190 Å². The summed E-state index contributed by atoms with van der Waals surface area (Å²) in [5.74, 6) is -3.22. The van der Waals surface area contributed by atoms with E-state index in [4.69, 9.17) is 0 Å². The van der Waals surface area contributed by atoms with E-state index in [0.717, 1.165) is 22.3 Å². The summed E-state index contributed by atoms with van der Waals surface area (Å²) in [6.07, 6.45) is 0.0931. The zero-order valence-corrected chi connectivity index (χ0v) is 17.9. The van der Waals surface area contributed by atoms with Gasteiger partial charge in [-0.15, -0.1) is 0 Å². The summed E-state index contributed by atoms with van der Waals surface area (Å²) in [4.78, 5) is 37.3. The molecule has 1 aliphatic carbocycles. The van der Waals surface area contributed by atoms with Gasteiger partial charge in [0.25, 0.3) is 0 Å². The normalized spacial score (nSPS) is 14.0. The summed E-state index contributed by atoms with van der Waals surface area (Å²) >= 11 is 0. The van der Waals surface area contributed by atoms with Crippen molar-refractivity contribution in [3.63, 3.8) is 0 Å². The summed E-state index contributed by atoms with van der Waals surface area (Å²) in [5, 5.41) is 15.3. The van der Waals surface area contributed by atoms with Crippen molar-refractivity contribution in [3.05, 3.63) is 95.3 Å². The Morgan fingerprint density at radius 2 is 1.42 bits per heavy atom. The Balaban J connectivity index is 1.64. The van der Waals surface area contributed by atoms with Gasteiger partial charge < -0.3 is 15.7 Å². The number of carboxylic acids is 1. The molecular weight excluding hydrogens is 423 g/mol. The van der Waals surface area contributed by atoms with Crippen LogP contribution >= 0.6 is 0 Å². The first-order valence-corrected chi connectivity index (χ1v) is 10.6. The molecule has 3 aromatic rings. The van der Waals surface area contributed by atoms with Crippen LogP contribution in [0.25, 0.3) is 11.1 Å². The topological polar surface area (TPSA) is 95.5 Å². The molecule has 168 valence electrons. The van der Waals surface area contributed by atoms with Crippen LogP contribution in [0.3, 0.4) is 0 Å². The van der Waals surface area contributed by atoms with Crippen molar-refractivity contribution in [2.75, 3.05) is 0 Å². The molecule has 4 rings (SSSR count). The molecule has 3 N–H and O–H groups in total. The maximum atomic E-state index is 13.3. The largest absolute Gasteiger partial charge is 0.480 e. The monoisotopic (exact) mass is 446 g/mol. The molecule has 7 heteroatoms. The molecule has 0 saturated heterocycles. The molecule has 0 spiro atoms. The van der Waals surface area contributed by atoms with Crippen molar-refractivity contribution in [2.24, 2.45) is 0 Å². The predicted octanol–water partition coefficient (Wildman–Crippen LogP) is 3.25. The number of carboxylic acid groups (broad SMARTS) is 1. The van der Waals surface area contributed by atoms with E-state index in [0.29, 0.717) is 5.56 Å². The van der Waals surface area contributed by atoms with Crippen molar-refractivity contribution >= 4 is 17.8 Å². The number of amides is 2. The van der Waals surface area contributed by atoms with Gasteiger partial charge >= 0.3 is 5.97 Å². The number of aliphatic carboxylic acids is 1. The zero-order valence-electron chi connectivity index (χ0n) is 17.9. The highest BCUT2D eigenvalue weighted by atomic mass is 19.1. The fourth-order valence-electron chi connectivity index (χ4n) is 4.41. The van der Waals surface area contributed by atoms with Crippen LogP contribution in [0.4, 0.5) is 4.39 Å². The number of carbonyl (C=O) groups is 3. The fraction of sp³-hybridized carbons (Fsp3) is 0.192. The van der Waals surface area contributed by atoms with Crippen molar-refractivity contribution in [1.82, 2.24) is 10.6 Å². The zero-order chi connectivity index (χ0) is 23.5. The highest BCUT2D eigenvalue weighted by Gasteiger charge is 2.39. The molecule has 0 radical (unpaired) electrons. The predicted molar refractivity (Wildman–Crippen MR) is 121 cm³/mol. The molecular formula is C26H23FN2O4. The molecule has 0 aliphatic heterocycles. The van der Waals surface area contributed by atoms with Gasteiger partial charge in [0.1, 0.15) is 17.9 Å². The molecule has 2 atom stereocenters. The molecule has 0 bridgehead atoms. The summed E-state index contributed by atoms with van der Waals surface area (Å²) in [7, 11) is 0. The van der Waals surface area contributed by atoms with Crippen LogP contribution in [0, 0.1) is 5.82 Å². The number of rotatable bonds is 7. The van der Waals surface area contributed by atoms with E-state index in [9.17, 15) is 23.9 Å². The van der Waals surface area contributed by atoms with Gasteiger partial charge in [0.05, 0.1) is 0 Å². The quantitative estimate of drug-likeness (QED) is 0.519. The lowest BCUT2D eigenvalue weighted by atomic mass is 9.89. The highest BCUT2D eigenvalue weighted by molar-refractivity contribution is 5.92. The lowest BCUT2D eigenvalue weighted by Crippen LogP contribution is -2.53. The number of nitrogens with one attached hydrogen (secondary N) is 2. The molecule has 0 aromatic heterocycles. The minimum Gasteiger partial charge on any atom is -0.480 e. The van der Waals surface area contributed by atoms with Crippen LogP contribution in [0.15, 0.2) is 72.8 Å². The Morgan fingerprint density at radius 3 is 1.94 bits per heavy atom. The number of hydrogen-bond donors (Lipinski definition) is 3. The number of fused-ring (bicyclic) bond motifs is 3. The van der Waals surface area contributed by atoms with Gasteiger partial charge in [-0.3, -0.25) is 9.59 Å². The number of hydrogen-bond acceptors (Lipinski definition) is 3. The Morgan fingerprint density at radius 1 is 0.879 bits per heavy atom. The lowest BCUT2D eigenvalue weighted by molar-refractivity contribution is -0.142. The smallest absolute Gasteiger partial charge is 0.327 e. The van der Waals surface area contributed by atoms with Crippen LogP contribution in [-0.4, -0.2) is 35.0 Å². The van der Waals surface area contributed by atoms with Gasteiger partial charge in [-0.1, -0.05) is 60.7 Å². The average Bonchev–Trinajstić information content (AvgIpc) is 3.12. The molecule has 6 nitrogen and oxygen atoms in total. The van der Waals surface area contributed by atoms with Crippen LogP contribution < -0.4 is 10.6 Å². The van der Waals surface area contributed by atoms with Crippen molar-refractivity contribution in [3.8, 4) is 11.1 Å². The molecule has 1 aliphatic rings. The third-order valence-electron chi connectivity index (χ3n) is 5.83. The maximum Gasteiger partial charge on any atom is 0.327 e. The van der Waals surface area contributed by atoms with Crippen molar-refractivity contribution < 1.29 is 23.9 Å². The van der Waals surface area contributed by atoms with Gasteiger partial charge in [0.2, 0.25) is 11.8 Å². The van der Waals surface area contributed by atoms with E-state index in [1.165, 1.54) is 31.2 Å². The van der Waals surface area contributed by atoms with Gasteiger partial charge in [-0.05, 0) is 39.9 Å². The highest BCUT2D eigenvalue weighted by Crippen LogP contribution is 2.46. The van der Waals surface area contributed by atoms with E-state index in [-0.39, 0.29) is 6.42 Å². The van der Waals surface area contributed by atoms with Crippen LogP contribution in [0.2, 0.25) is 0 Å². The minimum atomic E-state index is -1.24. The average molecular weight is 446 g/mol. The third kappa shape index (κ3) is 4.62. The summed E-state index contributed by atoms with van der Waals surface area (Å²) in [6, 6.07) is 18.4. The van der Waals surface area contributed by atoms with Gasteiger partial charge in [-0.25, -0.2) is 9.18 Å². The van der Waals surface area contributed by atoms with Crippen LogP contribution in [0.5, 0.6) is 0 Å². The second-order valence-corrected chi connectivity index (χ2v) is 8.06. The van der Waals surface area contributed by atoms with Crippen LogP contribution in [-0.2, 0) is 20.8 Å². The first-order chi connectivity index (χ1) is 15.8. The Bertz CT molecular complexity index is 1160. The van der Waals surface area contributed by atoms with E-state index in [2.05, 4.69) is 10.6 Å². The summed E-state index contributed by atoms with van der Waals surface area (Å²) in [6.45, 7) is 1.28. The number of halogens is 1. The summed E-state index contributed by atoms with van der Waals surface area (Å²) in [5.41, 5.74) is 4.14. The standard InChI is InChI=1S/C26H23FN2O4/c1-15(30)28-22(14-16-10-12-17(27)13-11-16)25(31)29-24(26(32)33)23-20-8-4-2-6-18(20)19-7-3-5-9-21(19)23/h2-13,22-24H,14H2,1H3,(H,28,30)(H,29,31)(H,32,33)/t22-,24-/m0/s1. The molecule has 2 amide bonds. The van der Waals surface area contributed by atoms with Crippen molar-refractivity contribution in [2.45, 2.75) is 31.3 Å². The second-order valence-electron chi connectivity index (χ2n) is 8.06. The molecule has 0 unspecified atom stereocenters. The lowest BCUT2D eigenvalue weighted by Gasteiger charge is -2.26. The van der Waals surface area contributed by atoms with Gasteiger partial charge in [0.15, 0.2) is 0 Å². The van der Waals surface area contributed by atoms with Crippen LogP contribution in [0.1, 0.15) is 29.5 Å². The third-order valence-corrected chi connectivity index (χ3v) is 5.83. The number of carbonyl (C=O) groups excluding carboxylic acids is 2. The molecule has 33 heavy (non-hydrogen) atoms. The minimum absolute atomic E-state index is 0.0931. The van der Waals surface area contributed by atoms with E-state index in [1.54, 1.807) is 0 Å². The van der Waals surface area contributed by atoms with E-state index >= 15 is 0 Å². The summed E-state index contributed by atoms with van der Waals surface area (Å²) < 4.78 is 13.3. The molecule has 0 saturated carbocycles. The van der Waals surface area contributed by atoms with Gasteiger partial charge in [0, 0.05) is 19.3 Å². The van der Waals surface area contributed by atoms with E-state index < -0.39 is 41.6 Å². The first-order valence-electron chi connectivity index (χ1n) is 10.6. The molecule has 0 fully saturated rings. The maximum absolute atomic E-state index is 13.3. The SMILES string of the molecule is CC(=O)N[C@@H](Cc1ccc(F)cc1)C(=O)N[C@H](C(=O)O)C1c2ccccc2-c2ccccc21. The number of benzene rings is 3. The van der Waals surface area contributed by atoms with Crippen molar-refractivity contribution in [1.29, 1.82) is 0 Å². The van der Waals surface area contributed by atoms with E-state index in [1.807, 2.05) is 48.5 Å².